The third kappa shape index (κ3) is 1.55. The van der Waals surface area contributed by atoms with Crippen LogP contribution in [0.4, 0.5) is 0 Å². The molecule has 0 saturated carbocycles. The van der Waals surface area contributed by atoms with Crippen LogP contribution >= 0.6 is 0 Å². The molecule has 0 fully saturated rings. The molecule has 0 aromatic rings. The summed E-state index contributed by atoms with van der Waals surface area (Å²) in [7, 11) is 2.04. The molecule has 1 nitrogen and oxygen atoms in total. The third-order valence-corrected chi connectivity index (χ3v) is 2.12. The Balaban J connectivity index is 2.43. The van der Waals surface area contributed by atoms with Gasteiger partial charge in [-0.05, 0) is 25.8 Å². The molecule has 52 valence electrons. The van der Waals surface area contributed by atoms with Gasteiger partial charge in [-0.3, -0.25) is 0 Å². The fraction of sp³-hybridized carbons (Fsp3) is 0.750. The van der Waals surface area contributed by atoms with Crippen LogP contribution in [-0.4, -0.2) is 13.1 Å². The number of allylic oxidation sites excluding steroid dienone is 1. The van der Waals surface area contributed by atoms with Crippen LogP contribution in [0.2, 0.25) is 0 Å². The molecule has 0 spiro atoms. The highest BCUT2D eigenvalue weighted by Gasteiger charge is 2.14. The van der Waals surface area contributed by atoms with E-state index in [1.807, 2.05) is 7.05 Å². The van der Waals surface area contributed by atoms with Gasteiger partial charge in [0.15, 0.2) is 0 Å². The van der Waals surface area contributed by atoms with E-state index in [4.69, 9.17) is 0 Å². The Labute approximate surface area is 57.1 Å². The second-order valence-electron chi connectivity index (χ2n) is 2.82. The zero-order valence-corrected chi connectivity index (χ0v) is 6.22. The van der Waals surface area contributed by atoms with Crippen molar-refractivity contribution < 1.29 is 0 Å². The van der Waals surface area contributed by atoms with E-state index in [9.17, 15) is 0 Å². The van der Waals surface area contributed by atoms with Crippen LogP contribution < -0.4 is 5.32 Å². The molecule has 9 heavy (non-hydrogen) atoms. The van der Waals surface area contributed by atoms with Gasteiger partial charge in [0.05, 0.1) is 0 Å². The van der Waals surface area contributed by atoms with Crippen LogP contribution in [0.1, 0.15) is 19.8 Å². The Morgan fingerprint density at radius 2 is 2.00 bits per heavy atom. The van der Waals surface area contributed by atoms with Crippen molar-refractivity contribution in [3.63, 3.8) is 0 Å². The van der Waals surface area contributed by atoms with Gasteiger partial charge in [-0.2, -0.15) is 0 Å². The fourth-order valence-electron chi connectivity index (χ4n) is 1.35. The third-order valence-electron chi connectivity index (χ3n) is 2.12. The first-order chi connectivity index (χ1) is 4.34. The maximum absolute atomic E-state index is 3.30. The second kappa shape index (κ2) is 3.02. The van der Waals surface area contributed by atoms with Gasteiger partial charge in [0, 0.05) is 6.04 Å². The van der Waals surface area contributed by atoms with E-state index >= 15 is 0 Å². The molecule has 1 aliphatic rings. The van der Waals surface area contributed by atoms with Crippen LogP contribution in [-0.2, 0) is 0 Å². The van der Waals surface area contributed by atoms with E-state index in [1.165, 1.54) is 12.8 Å². The fourth-order valence-corrected chi connectivity index (χ4v) is 1.35. The summed E-state index contributed by atoms with van der Waals surface area (Å²) in [5, 5.41) is 3.30. The zero-order chi connectivity index (χ0) is 6.69. The Kier molecular flexibility index (Phi) is 2.29. The summed E-state index contributed by atoms with van der Waals surface area (Å²) in [4.78, 5) is 0. The lowest BCUT2D eigenvalue weighted by Gasteiger charge is -2.24. The molecule has 0 bridgehead atoms. The highest BCUT2D eigenvalue weighted by atomic mass is 14.9. The van der Waals surface area contributed by atoms with Crippen LogP contribution in [0.3, 0.4) is 0 Å². The molecule has 0 amide bonds. The zero-order valence-electron chi connectivity index (χ0n) is 6.22. The van der Waals surface area contributed by atoms with Gasteiger partial charge in [0.25, 0.3) is 0 Å². The summed E-state index contributed by atoms with van der Waals surface area (Å²) < 4.78 is 0. The molecule has 1 aliphatic carbocycles. The summed E-state index contributed by atoms with van der Waals surface area (Å²) in [6.07, 6.45) is 6.99. The molecule has 0 heterocycles. The average molecular weight is 125 g/mol. The molecular weight excluding hydrogens is 110 g/mol. The average Bonchev–Trinajstić information content (AvgIpc) is 1.89. The molecule has 0 aromatic heterocycles. The molecule has 1 heteroatoms. The Hall–Kier alpha value is -0.300. The highest BCUT2D eigenvalue weighted by molar-refractivity contribution is 4.95. The predicted molar refractivity (Wildman–Crippen MR) is 40.4 cm³/mol. The summed E-state index contributed by atoms with van der Waals surface area (Å²) in [5.74, 6) is 0.819. The predicted octanol–water partition coefficient (Wildman–Crippen LogP) is 1.56. The maximum Gasteiger partial charge on any atom is 0.0127 e. The summed E-state index contributed by atoms with van der Waals surface area (Å²) >= 11 is 0. The van der Waals surface area contributed by atoms with E-state index < -0.39 is 0 Å². The van der Waals surface area contributed by atoms with Crippen molar-refractivity contribution in [1.29, 1.82) is 0 Å². The summed E-state index contributed by atoms with van der Waals surface area (Å²) in [6, 6.07) is 0.718. The molecule has 0 aromatic carbocycles. The molecule has 0 aliphatic heterocycles. The van der Waals surface area contributed by atoms with Gasteiger partial charge in [-0.15, -0.1) is 0 Å². The lowest BCUT2D eigenvalue weighted by molar-refractivity contribution is 0.391. The van der Waals surface area contributed by atoms with Crippen molar-refractivity contribution >= 4 is 0 Å². The quantitative estimate of drug-likeness (QED) is 0.524. The maximum atomic E-state index is 3.30. The lowest BCUT2D eigenvalue weighted by atomic mass is 9.91. The monoisotopic (exact) mass is 125 g/mol. The van der Waals surface area contributed by atoms with Gasteiger partial charge < -0.3 is 5.32 Å². The van der Waals surface area contributed by atoms with Crippen molar-refractivity contribution in [2.45, 2.75) is 25.8 Å². The van der Waals surface area contributed by atoms with Crippen LogP contribution in [0.15, 0.2) is 12.2 Å². The normalized spacial score (nSPS) is 34.9. The SMILES string of the molecule is CNC1CC=CCC1C. The van der Waals surface area contributed by atoms with Crippen LogP contribution in [0.25, 0.3) is 0 Å². The molecule has 2 atom stereocenters. The van der Waals surface area contributed by atoms with Gasteiger partial charge in [-0.1, -0.05) is 19.1 Å². The number of nitrogens with one attached hydrogen (secondary N) is 1. The molecule has 0 saturated heterocycles. The van der Waals surface area contributed by atoms with Gasteiger partial charge >= 0.3 is 0 Å². The van der Waals surface area contributed by atoms with E-state index in [2.05, 4.69) is 24.4 Å². The van der Waals surface area contributed by atoms with Crippen molar-refractivity contribution in [1.82, 2.24) is 5.32 Å². The number of rotatable bonds is 1. The van der Waals surface area contributed by atoms with Crippen molar-refractivity contribution in [3.05, 3.63) is 12.2 Å². The summed E-state index contributed by atoms with van der Waals surface area (Å²) in [5.41, 5.74) is 0. The van der Waals surface area contributed by atoms with E-state index in [0.29, 0.717) is 0 Å². The van der Waals surface area contributed by atoms with Crippen molar-refractivity contribution in [2.24, 2.45) is 5.92 Å². The molecule has 1 N–H and O–H groups in total. The first-order valence-corrected chi connectivity index (χ1v) is 3.67. The Bertz CT molecular complexity index is 107. The largest absolute Gasteiger partial charge is 0.316 e. The Morgan fingerprint density at radius 1 is 1.33 bits per heavy atom. The number of hydrogen-bond donors (Lipinski definition) is 1. The topological polar surface area (TPSA) is 12.0 Å². The minimum atomic E-state index is 0.718. The van der Waals surface area contributed by atoms with E-state index in [1.54, 1.807) is 0 Å². The van der Waals surface area contributed by atoms with Crippen LogP contribution in [0.5, 0.6) is 0 Å². The Morgan fingerprint density at radius 3 is 2.44 bits per heavy atom. The molecule has 1 rings (SSSR count). The van der Waals surface area contributed by atoms with Crippen molar-refractivity contribution in [3.8, 4) is 0 Å². The lowest BCUT2D eigenvalue weighted by Crippen LogP contribution is -2.32. The molecular formula is C8H15N. The molecule has 0 radical (unpaired) electrons. The van der Waals surface area contributed by atoms with Gasteiger partial charge in [-0.25, -0.2) is 0 Å². The highest BCUT2D eigenvalue weighted by Crippen LogP contribution is 2.17. The van der Waals surface area contributed by atoms with Crippen molar-refractivity contribution in [2.75, 3.05) is 7.05 Å². The standard InChI is InChI=1S/C8H15N/c1-7-5-3-4-6-8(7)9-2/h3-4,7-9H,5-6H2,1-2H3. The van der Waals surface area contributed by atoms with Crippen LogP contribution in [0, 0.1) is 5.92 Å². The van der Waals surface area contributed by atoms with E-state index in [-0.39, 0.29) is 0 Å². The number of hydrogen-bond acceptors (Lipinski definition) is 1. The second-order valence-corrected chi connectivity index (χ2v) is 2.82. The minimum absolute atomic E-state index is 0.718. The van der Waals surface area contributed by atoms with Gasteiger partial charge in [0.2, 0.25) is 0 Å². The minimum Gasteiger partial charge on any atom is -0.316 e. The molecule has 2 unspecified atom stereocenters. The van der Waals surface area contributed by atoms with E-state index in [0.717, 1.165) is 12.0 Å². The van der Waals surface area contributed by atoms with Gasteiger partial charge in [0.1, 0.15) is 0 Å². The smallest absolute Gasteiger partial charge is 0.0127 e. The first-order valence-electron chi connectivity index (χ1n) is 3.67. The first kappa shape index (κ1) is 6.81. The summed E-state index contributed by atoms with van der Waals surface area (Å²) in [6.45, 7) is 2.30.